The highest BCUT2D eigenvalue weighted by atomic mass is 14.7. The number of rotatable bonds is 44. The minimum atomic E-state index is 1.21. The van der Waals surface area contributed by atoms with Crippen molar-refractivity contribution in [2.24, 2.45) is 0 Å². The molecule has 0 unspecified atom stereocenters. The van der Waals surface area contributed by atoms with Gasteiger partial charge in [0.2, 0.25) is 0 Å². The van der Waals surface area contributed by atoms with Gasteiger partial charge in [0, 0.05) is 11.9 Å². The van der Waals surface area contributed by atoms with Gasteiger partial charge in [-0.05, 0) is 43.4 Å². The summed E-state index contributed by atoms with van der Waals surface area (Å²) in [5.74, 6) is 0. The van der Waals surface area contributed by atoms with Crippen LogP contribution in [-0.2, 0) is 0 Å². The van der Waals surface area contributed by atoms with Crippen molar-refractivity contribution in [2.75, 3.05) is 0 Å². The fourth-order valence-electron chi connectivity index (χ4n) is 8.13. The minimum Gasteiger partial charge on any atom is -0.361 e. The first-order valence-corrected chi connectivity index (χ1v) is 24.9. The van der Waals surface area contributed by atoms with E-state index in [0.29, 0.717) is 0 Å². The Kier molecular flexibility index (Phi) is 40.8. The molecule has 1 nitrogen and oxygen atoms in total. The summed E-state index contributed by atoms with van der Waals surface area (Å²) in [6.45, 7) is 4.62. The number of nitrogens with one attached hydrogen (secondary N) is 1. The number of hydrogen-bond donors (Lipinski definition) is 1. The lowest BCUT2D eigenvalue weighted by Gasteiger charge is -2.04. The first-order chi connectivity index (χ1) is 26.4. The standard InChI is InChI=1S/C52H97N/c1-3-5-7-9-11-13-15-17-19-21-23-25-27-29-31-33-35-37-39-41-43-45-47-51-49-50-53-52(51)48-46-44-42-40-38-36-34-32-30-28-26-24-22-20-18-16-14-12-10-8-6-4-2/h45-50,53H,3-44H2,1-2H3. The number of unbranched alkanes of at least 4 members (excludes halogenated alkanes) is 40. The Morgan fingerprint density at radius 2 is 0.566 bits per heavy atom. The third kappa shape index (κ3) is 37.5. The van der Waals surface area contributed by atoms with Gasteiger partial charge in [0.05, 0.1) is 0 Å². The molecule has 1 aromatic heterocycles. The summed E-state index contributed by atoms with van der Waals surface area (Å²) in [6.07, 6.45) is 71.9. The van der Waals surface area contributed by atoms with E-state index >= 15 is 0 Å². The number of aromatic nitrogens is 1. The van der Waals surface area contributed by atoms with E-state index in [4.69, 9.17) is 0 Å². The summed E-state index contributed by atoms with van der Waals surface area (Å²) in [6, 6.07) is 2.23. The molecule has 0 aliphatic heterocycles. The van der Waals surface area contributed by atoms with E-state index in [1.807, 2.05) is 0 Å². The fraction of sp³-hybridized carbons (Fsp3) is 0.846. The normalized spacial score (nSPS) is 12.0. The van der Waals surface area contributed by atoms with Gasteiger partial charge >= 0.3 is 0 Å². The number of H-pyrrole nitrogens is 1. The maximum absolute atomic E-state index is 3.45. The Balaban J connectivity index is 1.82. The Hall–Kier alpha value is -1.24. The number of hydrogen-bond acceptors (Lipinski definition) is 0. The van der Waals surface area contributed by atoms with Crippen LogP contribution >= 0.6 is 0 Å². The molecule has 53 heavy (non-hydrogen) atoms. The van der Waals surface area contributed by atoms with Crippen molar-refractivity contribution >= 4 is 12.2 Å². The predicted octanol–water partition coefficient (Wildman–Crippen LogP) is 19.5. The summed E-state index contributed by atoms with van der Waals surface area (Å²) >= 11 is 0. The zero-order chi connectivity index (χ0) is 37.8. The zero-order valence-corrected chi connectivity index (χ0v) is 36.7. The molecule has 310 valence electrons. The molecule has 0 aliphatic rings. The van der Waals surface area contributed by atoms with Crippen LogP contribution in [0.4, 0.5) is 0 Å². The van der Waals surface area contributed by atoms with Crippen LogP contribution in [0.2, 0.25) is 0 Å². The second-order valence-corrected chi connectivity index (χ2v) is 17.2. The van der Waals surface area contributed by atoms with Crippen LogP contribution in [0.25, 0.3) is 12.2 Å². The lowest BCUT2D eigenvalue weighted by molar-refractivity contribution is 0.522. The van der Waals surface area contributed by atoms with Crippen LogP contribution in [0.15, 0.2) is 24.4 Å². The molecule has 1 N–H and O–H groups in total. The van der Waals surface area contributed by atoms with Crippen molar-refractivity contribution < 1.29 is 0 Å². The van der Waals surface area contributed by atoms with Gasteiger partial charge in [-0.15, -0.1) is 0 Å². The molecule has 0 fully saturated rings. The summed E-state index contributed by atoms with van der Waals surface area (Å²) in [7, 11) is 0. The fourth-order valence-corrected chi connectivity index (χ4v) is 8.13. The van der Waals surface area contributed by atoms with Crippen LogP contribution in [0.1, 0.15) is 295 Å². The Bertz CT molecular complexity index is 792. The maximum Gasteiger partial charge on any atom is 0.0450 e. The van der Waals surface area contributed by atoms with Crippen LogP contribution in [-0.4, -0.2) is 4.98 Å². The van der Waals surface area contributed by atoms with Crippen molar-refractivity contribution in [3.8, 4) is 0 Å². The molecule has 1 heterocycles. The van der Waals surface area contributed by atoms with Crippen LogP contribution in [0, 0.1) is 0 Å². The van der Waals surface area contributed by atoms with E-state index in [9.17, 15) is 0 Å². The van der Waals surface area contributed by atoms with Gasteiger partial charge in [0.25, 0.3) is 0 Å². The lowest BCUT2D eigenvalue weighted by Crippen LogP contribution is -1.84. The van der Waals surface area contributed by atoms with Gasteiger partial charge in [-0.25, -0.2) is 0 Å². The highest BCUT2D eigenvalue weighted by molar-refractivity contribution is 5.62. The van der Waals surface area contributed by atoms with E-state index < -0.39 is 0 Å². The molecule has 1 aromatic rings. The molecule has 1 heteroatoms. The van der Waals surface area contributed by atoms with E-state index in [0.717, 1.165) is 0 Å². The number of allylic oxidation sites excluding steroid dienone is 2. The average molecular weight is 736 g/mol. The zero-order valence-electron chi connectivity index (χ0n) is 36.7. The van der Waals surface area contributed by atoms with Crippen LogP contribution in [0.3, 0.4) is 0 Å². The average Bonchev–Trinajstić information content (AvgIpc) is 3.62. The Morgan fingerprint density at radius 1 is 0.321 bits per heavy atom. The van der Waals surface area contributed by atoms with Gasteiger partial charge in [-0.1, -0.05) is 276 Å². The van der Waals surface area contributed by atoms with Gasteiger partial charge < -0.3 is 4.98 Å². The van der Waals surface area contributed by atoms with Gasteiger partial charge in [0.1, 0.15) is 0 Å². The minimum absolute atomic E-state index is 1.21. The maximum atomic E-state index is 3.45. The van der Waals surface area contributed by atoms with E-state index in [2.05, 4.69) is 55.4 Å². The molecule has 0 aliphatic carbocycles. The second kappa shape index (κ2) is 43.5. The van der Waals surface area contributed by atoms with Crippen LogP contribution < -0.4 is 0 Å². The lowest BCUT2D eigenvalue weighted by atomic mass is 10.0. The summed E-state index contributed by atoms with van der Waals surface area (Å²) < 4.78 is 0. The molecule has 0 saturated carbocycles. The van der Waals surface area contributed by atoms with E-state index in [1.54, 1.807) is 0 Å². The first-order valence-electron chi connectivity index (χ1n) is 24.9. The SMILES string of the molecule is CCCCCCCCCCCCCCCCCCCCCCC=Cc1cc[nH]c1C=CCCCCCCCCCCCCCCCCCCCCCC. The Morgan fingerprint density at radius 3 is 0.849 bits per heavy atom. The molecule has 0 bridgehead atoms. The van der Waals surface area contributed by atoms with Crippen molar-refractivity contribution in [1.29, 1.82) is 0 Å². The summed E-state index contributed by atoms with van der Waals surface area (Å²) in [5.41, 5.74) is 2.62. The monoisotopic (exact) mass is 736 g/mol. The third-order valence-corrected chi connectivity index (χ3v) is 11.8. The van der Waals surface area contributed by atoms with Crippen molar-refractivity contribution in [3.05, 3.63) is 35.7 Å². The highest BCUT2D eigenvalue weighted by Gasteiger charge is 1.99. The Labute approximate surface area is 335 Å². The van der Waals surface area contributed by atoms with Crippen LogP contribution in [0.5, 0.6) is 0 Å². The van der Waals surface area contributed by atoms with Gasteiger partial charge in [0.15, 0.2) is 0 Å². The van der Waals surface area contributed by atoms with Crippen molar-refractivity contribution in [1.82, 2.24) is 4.98 Å². The largest absolute Gasteiger partial charge is 0.361 e. The molecule has 1 rings (SSSR count). The summed E-state index contributed by atoms with van der Waals surface area (Å²) in [4.78, 5) is 3.45. The van der Waals surface area contributed by atoms with Crippen molar-refractivity contribution in [3.63, 3.8) is 0 Å². The molecule has 0 atom stereocenters. The summed E-state index contributed by atoms with van der Waals surface area (Å²) in [5, 5.41) is 0. The molecule has 0 saturated heterocycles. The van der Waals surface area contributed by atoms with Crippen molar-refractivity contribution in [2.45, 2.75) is 284 Å². The third-order valence-electron chi connectivity index (χ3n) is 11.8. The van der Waals surface area contributed by atoms with Gasteiger partial charge in [-0.3, -0.25) is 0 Å². The van der Waals surface area contributed by atoms with Gasteiger partial charge in [-0.2, -0.15) is 0 Å². The smallest absolute Gasteiger partial charge is 0.0450 e. The molecule has 0 spiro atoms. The van der Waals surface area contributed by atoms with E-state index in [-0.39, 0.29) is 0 Å². The molecule has 0 aromatic carbocycles. The molecule has 0 radical (unpaired) electrons. The topological polar surface area (TPSA) is 15.8 Å². The molecular formula is C52H97N. The first kappa shape index (κ1) is 49.8. The number of aromatic amines is 1. The quantitative estimate of drug-likeness (QED) is 0.0642. The second-order valence-electron chi connectivity index (χ2n) is 17.2. The molecular weight excluding hydrogens is 639 g/mol. The van der Waals surface area contributed by atoms with E-state index in [1.165, 1.54) is 281 Å². The predicted molar refractivity (Wildman–Crippen MR) is 244 cm³/mol. The highest BCUT2D eigenvalue weighted by Crippen LogP contribution is 2.18. The molecule has 0 amide bonds.